The van der Waals surface area contributed by atoms with E-state index in [0.717, 1.165) is 0 Å². The first kappa shape index (κ1) is 17.2. The molecule has 130 valence electrons. The van der Waals surface area contributed by atoms with Gasteiger partial charge in [-0.15, -0.1) is 11.6 Å². The molecule has 1 atom stereocenters. The van der Waals surface area contributed by atoms with E-state index in [9.17, 15) is 8.78 Å². The van der Waals surface area contributed by atoms with Crippen molar-refractivity contribution in [3.63, 3.8) is 0 Å². The van der Waals surface area contributed by atoms with Crippen molar-refractivity contribution in [3.8, 4) is 23.0 Å². The van der Waals surface area contributed by atoms with Crippen LogP contribution in [-0.4, -0.2) is 12.1 Å². The molecule has 0 fully saturated rings. The van der Waals surface area contributed by atoms with Gasteiger partial charge in [0.15, 0.2) is 0 Å². The van der Waals surface area contributed by atoms with Crippen LogP contribution in [0.4, 0.5) is 8.78 Å². The molecule has 2 bridgehead atoms. The topological polar surface area (TPSA) is 44.5 Å². The highest BCUT2D eigenvalue weighted by Gasteiger charge is 2.18. The lowest BCUT2D eigenvalue weighted by Crippen LogP contribution is -1.90. The molecule has 0 saturated heterocycles. The summed E-state index contributed by atoms with van der Waals surface area (Å²) >= 11 is 5.58. The number of rotatable bonds is 3. The smallest absolute Gasteiger partial charge is 0.264 e. The van der Waals surface area contributed by atoms with E-state index in [4.69, 9.17) is 25.5 Å². The first-order valence-corrected chi connectivity index (χ1v) is 7.89. The Balaban J connectivity index is 0.000000170. The summed E-state index contributed by atoms with van der Waals surface area (Å²) in [5, 5.41) is 0. The van der Waals surface area contributed by atoms with Crippen molar-refractivity contribution in [3.05, 3.63) is 65.8 Å². The van der Waals surface area contributed by atoms with Crippen LogP contribution in [-0.2, 0) is 5.88 Å². The van der Waals surface area contributed by atoms with Gasteiger partial charge in [-0.2, -0.15) is 4.39 Å². The summed E-state index contributed by atoms with van der Waals surface area (Å²) in [6, 6.07) is 11.4. The Hall–Kier alpha value is -2.60. The van der Waals surface area contributed by atoms with E-state index in [2.05, 4.69) is 4.98 Å². The molecule has 0 aliphatic carbocycles. The molecular weight excluding hydrogens is 352 g/mol. The highest BCUT2D eigenvalue weighted by atomic mass is 35.5. The molecular formula is C18H14ClF2NO3. The molecule has 4 nitrogen and oxygen atoms in total. The maximum atomic E-state index is 13.6. The Labute approximate surface area is 148 Å². The molecule has 0 spiro atoms. The lowest BCUT2D eigenvalue weighted by atomic mass is 10.2. The summed E-state index contributed by atoms with van der Waals surface area (Å²) in [5.41, 5.74) is 1.48. The van der Waals surface area contributed by atoms with Gasteiger partial charge in [0.25, 0.3) is 6.36 Å². The Bertz CT molecular complexity index is 869. The zero-order valence-electron chi connectivity index (χ0n) is 13.2. The van der Waals surface area contributed by atoms with Crippen molar-refractivity contribution in [2.24, 2.45) is 0 Å². The van der Waals surface area contributed by atoms with E-state index in [-0.39, 0.29) is 17.3 Å². The van der Waals surface area contributed by atoms with Crippen molar-refractivity contribution in [1.29, 1.82) is 0 Å². The van der Waals surface area contributed by atoms with E-state index in [1.165, 1.54) is 19.4 Å². The van der Waals surface area contributed by atoms with Crippen molar-refractivity contribution >= 4 is 11.6 Å². The van der Waals surface area contributed by atoms with Gasteiger partial charge >= 0.3 is 0 Å². The summed E-state index contributed by atoms with van der Waals surface area (Å²) in [5.74, 6) is 1.09. The number of hydrogen-bond donors (Lipinski definition) is 0. The second-order valence-electron chi connectivity index (χ2n) is 5.13. The molecule has 1 aliphatic rings. The average molecular weight is 366 g/mol. The molecule has 0 radical (unpaired) electrons. The number of nitrogens with zero attached hydrogens (tertiary/aromatic N) is 1. The number of methoxy groups -OCH3 is 1. The predicted molar refractivity (Wildman–Crippen MR) is 88.9 cm³/mol. The van der Waals surface area contributed by atoms with Gasteiger partial charge in [-0.1, -0.05) is 12.1 Å². The van der Waals surface area contributed by atoms with Gasteiger partial charge in [-0.05, 0) is 24.3 Å². The van der Waals surface area contributed by atoms with Gasteiger partial charge in [-0.3, -0.25) is 0 Å². The quantitative estimate of drug-likeness (QED) is 0.593. The van der Waals surface area contributed by atoms with E-state index in [0.29, 0.717) is 22.8 Å². The number of fused-ring (bicyclic) bond motifs is 2. The van der Waals surface area contributed by atoms with E-state index in [1.807, 2.05) is 0 Å². The van der Waals surface area contributed by atoms with Gasteiger partial charge in [0, 0.05) is 11.6 Å². The summed E-state index contributed by atoms with van der Waals surface area (Å²) in [6.45, 7) is 0. The van der Waals surface area contributed by atoms with Gasteiger partial charge < -0.3 is 13.9 Å². The molecule has 0 N–H and O–H groups in total. The summed E-state index contributed by atoms with van der Waals surface area (Å²) < 4.78 is 40.9. The first-order valence-electron chi connectivity index (χ1n) is 7.35. The van der Waals surface area contributed by atoms with Gasteiger partial charge in [0.2, 0.25) is 5.89 Å². The minimum Gasteiger partial charge on any atom is -0.497 e. The number of aromatic nitrogens is 1. The fraction of sp³-hybridized carbons (Fsp3) is 0.167. The van der Waals surface area contributed by atoms with E-state index < -0.39 is 12.2 Å². The number of alkyl halides is 2. The zero-order chi connectivity index (χ0) is 17.8. The normalized spacial score (nSPS) is 14.5. The van der Waals surface area contributed by atoms with Crippen LogP contribution in [0.1, 0.15) is 17.6 Å². The maximum absolute atomic E-state index is 13.6. The van der Waals surface area contributed by atoms with Crippen LogP contribution in [0.3, 0.4) is 0 Å². The third kappa shape index (κ3) is 3.91. The second-order valence-corrected chi connectivity index (χ2v) is 5.40. The molecule has 0 amide bonds. The maximum Gasteiger partial charge on any atom is 0.264 e. The van der Waals surface area contributed by atoms with Crippen LogP contribution in [0.5, 0.6) is 11.5 Å². The number of oxazole rings is 1. The minimum absolute atomic E-state index is 0.218. The third-order valence-electron chi connectivity index (χ3n) is 3.46. The summed E-state index contributed by atoms with van der Waals surface area (Å²) in [4.78, 5) is 4.04. The largest absolute Gasteiger partial charge is 0.497 e. The molecule has 0 saturated carbocycles. The van der Waals surface area contributed by atoms with Crippen LogP contribution in [0.15, 0.2) is 53.1 Å². The van der Waals surface area contributed by atoms with Crippen molar-refractivity contribution in [2.45, 2.75) is 12.2 Å². The first-order chi connectivity index (χ1) is 12.1. The molecule has 4 rings (SSSR count). The van der Waals surface area contributed by atoms with Crippen LogP contribution < -0.4 is 9.47 Å². The fourth-order valence-electron chi connectivity index (χ4n) is 2.20. The van der Waals surface area contributed by atoms with Crippen LogP contribution >= 0.6 is 11.6 Å². The summed E-state index contributed by atoms with van der Waals surface area (Å²) in [6.07, 6.45) is 0.182. The lowest BCUT2D eigenvalue weighted by Gasteiger charge is -2.01. The third-order valence-corrected chi connectivity index (χ3v) is 3.73. The summed E-state index contributed by atoms with van der Waals surface area (Å²) in [7, 11) is 1.48. The predicted octanol–water partition coefficient (Wildman–Crippen LogP) is 5.28. The zero-order valence-corrected chi connectivity index (χ0v) is 14.0. The molecule has 7 heteroatoms. The molecule has 25 heavy (non-hydrogen) atoms. The van der Waals surface area contributed by atoms with Gasteiger partial charge in [0.1, 0.15) is 23.6 Å². The van der Waals surface area contributed by atoms with Gasteiger partial charge in [-0.25, -0.2) is 9.37 Å². The highest BCUT2D eigenvalue weighted by molar-refractivity contribution is 6.16. The van der Waals surface area contributed by atoms with Gasteiger partial charge in [0.05, 0.1) is 24.2 Å². The fourth-order valence-corrected chi connectivity index (χ4v) is 2.33. The Morgan fingerprint density at radius 1 is 1.24 bits per heavy atom. The number of halogens is 3. The van der Waals surface area contributed by atoms with Crippen LogP contribution in [0.25, 0.3) is 11.5 Å². The standard InChI is InChI=1S/C11H9ClFNO2.C7H5FO/c1-15-8-2-3-9(10(13)4-8)11-14-7(5-12)6-16-11;8-7-5-2-1-3-6(4-5)9-7/h2-4,6H,5H2,1H3;1-4,7H. The van der Waals surface area contributed by atoms with Crippen molar-refractivity contribution in [2.75, 3.05) is 7.11 Å². The minimum atomic E-state index is -1.23. The van der Waals surface area contributed by atoms with E-state index >= 15 is 0 Å². The molecule has 1 aromatic heterocycles. The average Bonchev–Trinajstić information content (AvgIpc) is 3.20. The van der Waals surface area contributed by atoms with E-state index in [1.54, 1.807) is 36.4 Å². The number of hydrogen-bond acceptors (Lipinski definition) is 4. The Morgan fingerprint density at radius 3 is 2.68 bits per heavy atom. The molecule has 2 aromatic carbocycles. The SMILES string of the molecule is COc1ccc(-c2nc(CCl)co2)c(F)c1.FC1Oc2cccc1c2. The Kier molecular flexibility index (Phi) is 5.19. The Morgan fingerprint density at radius 2 is 2.08 bits per heavy atom. The molecule has 1 aliphatic heterocycles. The van der Waals surface area contributed by atoms with Crippen molar-refractivity contribution in [1.82, 2.24) is 4.98 Å². The monoisotopic (exact) mass is 365 g/mol. The molecule has 2 heterocycles. The van der Waals surface area contributed by atoms with Crippen LogP contribution in [0.2, 0.25) is 0 Å². The highest BCUT2D eigenvalue weighted by Crippen LogP contribution is 2.31. The molecule has 3 aromatic rings. The number of ether oxygens (including phenoxy) is 2. The van der Waals surface area contributed by atoms with Crippen molar-refractivity contribution < 1.29 is 22.7 Å². The lowest BCUT2D eigenvalue weighted by molar-refractivity contribution is 0.0816. The van der Waals surface area contributed by atoms with Crippen LogP contribution in [0, 0.1) is 5.82 Å². The molecule has 1 unspecified atom stereocenters. The second kappa shape index (κ2) is 7.53. The number of benzene rings is 2.